The molecule has 0 bridgehead atoms. The lowest BCUT2D eigenvalue weighted by Gasteiger charge is -2.47. The number of hydrogen-bond acceptors (Lipinski definition) is 6. The van der Waals surface area contributed by atoms with Crippen LogP contribution in [-0.2, 0) is 17.9 Å². The zero-order chi connectivity index (χ0) is 19.4. The fourth-order valence-corrected chi connectivity index (χ4v) is 4.69. The highest BCUT2D eigenvalue weighted by Crippen LogP contribution is 2.42. The van der Waals surface area contributed by atoms with Gasteiger partial charge in [-0.2, -0.15) is 4.98 Å². The lowest BCUT2D eigenvalue weighted by molar-refractivity contribution is 0.0154. The maximum Gasteiger partial charge on any atom is 0.243 e. The normalized spacial score (nSPS) is 21.8. The van der Waals surface area contributed by atoms with Crippen LogP contribution in [0, 0.1) is 5.41 Å². The van der Waals surface area contributed by atoms with Gasteiger partial charge < -0.3 is 9.26 Å². The van der Waals surface area contributed by atoms with Crippen LogP contribution in [0.15, 0.2) is 34.9 Å². The van der Waals surface area contributed by atoms with Crippen molar-refractivity contribution in [2.45, 2.75) is 51.8 Å². The van der Waals surface area contributed by atoms with Crippen LogP contribution in [0.3, 0.4) is 0 Å². The van der Waals surface area contributed by atoms with Crippen LogP contribution < -0.4 is 0 Å². The topological polar surface area (TPSA) is 54.6 Å². The van der Waals surface area contributed by atoms with Gasteiger partial charge in [0.05, 0.1) is 6.04 Å². The van der Waals surface area contributed by atoms with Crippen LogP contribution in [0.2, 0.25) is 0 Å². The van der Waals surface area contributed by atoms with Gasteiger partial charge in [0.2, 0.25) is 5.89 Å². The Bertz CT molecular complexity index is 730. The quantitative estimate of drug-likeness (QED) is 0.758. The summed E-state index contributed by atoms with van der Waals surface area (Å²) in [7, 11) is 1.65. The number of methoxy groups -OCH3 is 1. The second-order valence-electron chi connectivity index (χ2n) is 8.46. The molecular formula is C22H32N4O2. The monoisotopic (exact) mass is 384 g/mol. The molecule has 1 spiro atoms. The molecule has 0 aliphatic carbocycles. The van der Waals surface area contributed by atoms with Crippen molar-refractivity contribution < 1.29 is 9.26 Å². The Balaban J connectivity index is 1.27. The molecule has 6 heteroatoms. The van der Waals surface area contributed by atoms with Gasteiger partial charge in [-0.15, -0.1) is 0 Å². The SMILES string of the molecule is COCc1noc(C(C)N2CCC3(CCN(Cc4ccccc4)CC3)CC2)n1. The highest BCUT2D eigenvalue weighted by molar-refractivity contribution is 5.14. The van der Waals surface area contributed by atoms with Crippen LogP contribution in [0.4, 0.5) is 0 Å². The minimum absolute atomic E-state index is 0.175. The Labute approximate surface area is 167 Å². The van der Waals surface area contributed by atoms with Crippen LogP contribution in [-0.4, -0.2) is 53.2 Å². The minimum Gasteiger partial charge on any atom is -0.377 e. The highest BCUT2D eigenvalue weighted by atomic mass is 16.5. The predicted molar refractivity (Wildman–Crippen MR) is 108 cm³/mol. The molecule has 2 saturated heterocycles. The Hall–Kier alpha value is -1.76. The van der Waals surface area contributed by atoms with Crippen molar-refractivity contribution in [3.8, 4) is 0 Å². The van der Waals surface area contributed by atoms with Gasteiger partial charge in [-0.25, -0.2) is 0 Å². The van der Waals surface area contributed by atoms with E-state index >= 15 is 0 Å². The van der Waals surface area contributed by atoms with Crippen molar-refractivity contribution in [1.82, 2.24) is 19.9 Å². The van der Waals surface area contributed by atoms with E-state index in [0.717, 1.165) is 19.6 Å². The van der Waals surface area contributed by atoms with Gasteiger partial charge in [0.1, 0.15) is 6.61 Å². The molecule has 152 valence electrons. The Morgan fingerprint density at radius 2 is 1.75 bits per heavy atom. The average molecular weight is 385 g/mol. The van der Waals surface area contributed by atoms with E-state index in [1.54, 1.807) is 7.11 Å². The number of nitrogens with zero attached hydrogens (tertiary/aromatic N) is 4. The van der Waals surface area contributed by atoms with Crippen LogP contribution in [0.25, 0.3) is 0 Å². The third kappa shape index (κ3) is 4.45. The summed E-state index contributed by atoms with van der Waals surface area (Å²) in [6.45, 7) is 8.32. The van der Waals surface area contributed by atoms with Crippen LogP contribution in [0.5, 0.6) is 0 Å². The first-order chi connectivity index (χ1) is 13.7. The molecule has 3 heterocycles. The van der Waals surface area contributed by atoms with E-state index in [2.05, 4.69) is 57.2 Å². The summed E-state index contributed by atoms with van der Waals surface area (Å²) in [6.07, 6.45) is 5.19. The summed E-state index contributed by atoms with van der Waals surface area (Å²) < 4.78 is 10.5. The van der Waals surface area contributed by atoms with E-state index < -0.39 is 0 Å². The molecule has 1 aromatic carbocycles. The molecular weight excluding hydrogens is 352 g/mol. The number of rotatable bonds is 6. The summed E-state index contributed by atoms with van der Waals surface area (Å²) in [6, 6.07) is 11.0. The first kappa shape index (κ1) is 19.6. The molecule has 0 radical (unpaired) electrons. The number of benzene rings is 1. The van der Waals surface area contributed by atoms with Crippen molar-refractivity contribution in [3.05, 3.63) is 47.6 Å². The fraction of sp³-hybridized carbons (Fsp3) is 0.636. The molecule has 0 N–H and O–H groups in total. The molecule has 0 saturated carbocycles. The fourth-order valence-electron chi connectivity index (χ4n) is 4.69. The summed E-state index contributed by atoms with van der Waals surface area (Å²) >= 11 is 0. The second kappa shape index (κ2) is 8.72. The van der Waals surface area contributed by atoms with E-state index in [-0.39, 0.29) is 6.04 Å². The first-order valence-corrected chi connectivity index (χ1v) is 10.5. The van der Waals surface area contributed by atoms with Crippen LogP contribution in [0.1, 0.15) is 55.9 Å². The van der Waals surface area contributed by atoms with Gasteiger partial charge in [0, 0.05) is 13.7 Å². The number of piperidine rings is 2. The standard InChI is InChI=1S/C22H32N4O2/c1-18(21-23-20(17-27-2)24-28-21)26-14-10-22(11-15-26)8-12-25(13-9-22)16-19-6-4-3-5-7-19/h3-7,18H,8-17H2,1-2H3. The Morgan fingerprint density at radius 3 is 2.43 bits per heavy atom. The third-order valence-corrected chi connectivity index (χ3v) is 6.69. The van der Waals surface area contributed by atoms with Crippen molar-refractivity contribution in [3.63, 3.8) is 0 Å². The summed E-state index contributed by atoms with van der Waals surface area (Å²) in [5.74, 6) is 1.34. The van der Waals surface area contributed by atoms with E-state index in [1.807, 2.05) is 0 Å². The summed E-state index contributed by atoms with van der Waals surface area (Å²) in [4.78, 5) is 9.59. The van der Waals surface area contributed by atoms with E-state index in [0.29, 0.717) is 23.7 Å². The lowest BCUT2D eigenvalue weighted by Crippen LogP contribution is -2.47. The number of aromatic nitrogens is 2. The first-order valence-electron chi connectivity index (χ1n) is 10.5. The Kier molecular flexibility index (Phi) is 6.09. The number of likely N-dealkylation sites (tertiary alicyclic amines) is 2. The lowest BCUT2D eigenvalue weighted by atomic mass is 9.71. The maximum atomic E-state index is 5.45. The summed E-state index contributed by atoms with van der Waals surface area (Å²) in [5.41, 5.74) is 1.95. The largest absolute Gasteiger partial charge is 0.377 e. The molecule has 1 unspecified atom stereocenters. The highest BCUT2D eigenvalue weighted by Gasteiger charge is 2.39. The smallest absolute Gasteiger partial charge is 0.243 e. The van der Waals surface area contributed by atoms with E-state index in [9.17, 15) is 0 Å². The number of hydrogen-bond donors (Lipinski definition) is 0. The van der Waals surface area contributed by atoms with Crippen molar-refractivity contribution in [1.29, 1.82) is 0 Å². The molecule has 2 aliphatic rings. The molecule has 1 aromatic heterocycles. The molecule has 1 atom stereocenters. The number of ether oxygens (including phenoxy) is 1. The van der Waals surface area contributed by atoms with Gasteiger partial charge in [0.25, 0.3) is 0 Å². The molecule has 0 amide bonds. The minimum atomic E-state index is 0.175. The predicted octanol–water partition coefficient (Wildman–Crippen LogP) is 3.66. The summed E-state index contributed by atoms with van der Waals surface area (Å²) in [5, 5.41) is 4.00. The van der Waals surface area contributed by atoms with Gasteiger partial charge in [-0.05, 0) is 69.8 Å². The molecule has 2 fully saturated rings. The maximum absolute atomic E-state index is 5.45. The van der Waals surface area contributed by atoms with Crippen molar-refractivity contribution in [2.75, 3.05) is 33.3 Å². The molecule has 28 heavy (non-hydrogen) atoms. The molecule has 2 aliphatic heterocycles. The van der Waals surface area contributed by atoms with Crippen molar-refractivity contribution >= 4 is 0 Å². The van der Waals surface area contributed by atoms with Crippen molar-refractivity contribution in [2.24, 2.45) is 5.41 Å². The zero-order valence-electron chi connectivity index (χ0n) is 17.1. The van der Waals surface area contributed by atoms with E-state index in [1.165, 1.54) is 44.3 Å². The van der Waals surface area contributed by atoms with Gasteiger partial charge in [0.15, 0.2) is 5.82 Å². The average Bonchev–Trinajstić information content (AvgIpc) is 3.20. The third-order valence-electron chi connectivity index (χ3n) is 6.69. The van der Waals surface area contributed by atoms with Gasteiger partial charge >= 0.3 is 0 Å². The molecule has 2 aromatic rings. The Morgan fingerprint density at radius 1 is 1.07 bits per heavy atom. The van der Waals surface area contributed by atoms with Gasteiger partial charge in [-0.3, -0.25) is 9.80 Å². The zero-order valence-corrected chi connectivity index (χ0v) is 17.1. The second-order valence-corrected chi connectivity index (χ2v) is 8.46. The van der Waals surface area contributed by atoms with E-state index in [4.69, 9.17) is 9.26 Å². The van der Waals surface area contributed by atoms with Gasteiger partial charge in [-0.1, -0.05) is 35.5 Å². The van der Waals surface area contributed by atoms with Crippen LogP contribution >= 0.6 is 0 Å². The molecule has 6 nitrogen and oxygen atoms in total. The molecule has 4 rings (SSSR count).